The minimum Gasteiger partial charge on any atom is -0.310 e. The Kier molecular flexibility index (Phi) is 18.9. The van der Waals surface area contributed by atoms with Gasteiger partial charge in [-0.1, -0.05) is 348 Å². The summed E-state index contributed by atoms with van der Waals surface area (Å²) in [6, 6.07) is 159. The van der Waals surface area contributed by atoms with Crippen LogP contribution in [-0.4, -0.2) is 0 Å². The van der Waals surface area contributed by atoms with Gasteiger partial charge in [-0.15, -0.1) is 0 Å². The zero-order valence-electron chi connectivity index (χ0n) is 60.9. The first kappa shape index (κ1) is 67.5. The van der Waals surface area contributed by atoms with Gasteiger partial charge in [-0.3, -0.25) is 0 Å². The van der Waals surface area contributed by atoms with Gasteiger partial charge in [-0.05, 0) is 248 Å². The minimum absolute atomic E-state index is 0.334. The summed E-state index contributed by atoms with van der Waals surface area (Å²) in [5.74, 6) is 0. The number of hydrogen-bond donors (Lipinski definition) is 0. The lowest BCUT2D eigenvalue weighted by Gasteiger charge is -2.33. The third kappa shape index (κ3) is 14.3. The first-order valence-corrected chi connectivity index (χ1v) is 37.3. The van der Waals surface area contributed by atoms with Gasteiger partial charge < -0.3 is 9.80 Å². The highest BCUT2D eigenvalue weighted by atomic mass is 15.2. The van der Waals surface area contributed by atoms with Gasteiger partial charge in [0.05, 0.1) is 0 Å². The Bertz CT molecular complexity index is 5330. The predicted molar refractivity (Wildman–Crippen MR) is 460 cm³/mol. The van der Waals surface area contributed by atoms with Crippen molar-refractivity contribution in [3.63, 3.8) is 0 Å². The van der Waals surface area contributed by atoms with E-state index in [1.807, 2.05) is 0 Å². The number of hydrogen-bond acceptors (Lipinski definition) is 2. The first-order valence-electron chi connectivity index (χ1n) is 37.3. The van der Waals surface area contributed by atoms with Gasteiger partial charge in [-0.25, -0.2) is 0 Å². The minimum atomic E-state index is -0.334. The molecule has 0 unspecified atom stereocenters. The van der Waals surface area contributed by atoms with Crippen molar-refractivity contribution < 1.29 is 0 Å². The van der Waals surface area contributed by atoms with Crippen molar-refractivity contribution in [2.75, 3.05) is 9.80 Å². The van der Waals surface area contributed by atoms with Crippen LogP contribution in [0.1, 0.15) is 26.3 Å². The van der Waals surface area contributed by atoms with Gasteiger partial charge >= 0.3 is 0 Å². The number of rotatable bonds is 18. The van der Waals surface area contributed by atoms with Crippen molar-refractivity contribution >= 4 is 34.1 Å². The molecular formula is C106H80N2. The van der Waals surface area contributed by atoms with Crippen molar-refractivity contribution in [3.05, 3.63) is 436 Å². The molecule has 0 aliphatic carbocycles. The lowest BCUT2D eigenvalue weighted by atomic mass is 9.84. The Balaban J connectivity index is 0.954. The maximum Gasteiger partial charge on any atom is 0.0485 e. The van der Waals surface area contributed by atoms with Crippen LogP contribution < -0.4 is 9.80 Å². The second-order valence-corrected chi connectivity index (χ2v) is 28.8. The van der Waals surface area contributed by atoms with Crippen LogP contribution in [-0.2, 0) is 5.41 Å². The van der Waals surface area contributed by atoms with Gasteiger partial charge in [-0.2, -0.15) is 0 Å². The smallest absolute Gasteiger partial charge is 0.0485 e. The summed E-state index contributed by atoms with van der Waals surface area (Å²) in [5, 5.41) is 0. The number of nitrogens with zero attached hydrogens (tertiary/aromatic N) is 2. The molecule has 0 amide bonds. The molecule has 0 bridgehead atoms. The fourth-order valence-corrected chi connectivity index (χ4v) is 15.3. The Labute approximate surface area is 635 Å². The van der Waals surface area contributed by atoms with Crippen LogP contribution in [0.4, 0.5) is 34.1 Å². The Morgan fingerprint density at radius 2 is 0.333 bits per heavy atom. The Hall–Kier alpha value is -13.7. The highest BCUT2D eigenvalue weighted by Gasteiger charge is 2.29. The molecule has 0 atom stereocenters. The molecule has 0 saturated heterocycles. The quantitative estimate of drug-likeness (QED) is 0.0845. The van der Waals surface area contributed by atoms with Crippen molar-refractivity contribution in [2.45, 2.75) is 26.2 Å². The predicted octanol–water partition coefficient (Wildman–Crippen LogP) is 29.9. The summed E-state index contributed by atoms with van der Waals surface area (Å²) in [5.41, 5.74) is 34.2. The summed E-state index contributed by atoms with van der Waals surface area (Å²) in [4.78, 5) is 5.03. The first-order chi connectivity index (χ1) is 53.2. The topological polar surface area (TPSA) is 6.48 Å². The molecule has 2 heteroatoms. The molecule has 0 aliphatic rings. The van der Waals surface area contributed by atoms with E-state index >= 15 is 0 Å². The molecule has 17 aromatic rings. The van der Waals surface area contributed by atoms with Crippen molar-refractivity contribution in [1.29, 1.82) is 0 Å². The number of anilines is 6. The van der Waals surface area contributed by atoms with E-state index in [-0.39, 0.29) is 5.41 Å². The molecule has 0 N–H and O–H groups in total. The molecular weight excluding hydrogens is 1300 g/mol. The normalized spacial score (nSPS) is 11.3. The maximum atomic E-state index is 2.51. The zero-order valence-corrected chi connectivity index (χ0v) is 60.9. The van der Waals surface area contributed by atoms with Gasteiger partial charge in [0.25, 0.3) is 0 Å². The van der Waals surface area contributed by atoms with Crippen LogP contribution in [0, 0.1) is 0 Å². The largest absolute Gasteiger partial charge is 0.310 e. The molecule has 0 heterocycles. The molecule has 0 fully saturated rings. The Morgan fingerprint density at radius 3 is 0.556 bits per heavy atom. The SMILES string of the molecule is CC(C)(C)c1cc(N(c2ccc(-c3ccccc3)cc2)c2cc(-c3ccccc3)c(-c3cc(-c4ccccc4)cc(-c4ccccc4)c3)c(-c3ccccc3)c2)cc(N(c2ccc(-c3ccccc3)cc2)c2cc(-c3ccccc3)c(-c3cc(-c4ccccc4)cc(-c4ccccc4)c3)c(-c3ccccc3)c2)c1. The van der Waals surface area contributed by atoms with Crippen molar-refractivity contribution in [1.82, 2.24) is 0 Å². The molecule has 0 radical (unpaired) electrons. The second-order valence-electron chi connectivity index (χ2n) is 28.8. The average Bonchev–Trinajstić information content (AvgIpc) is 0.746. The van der Waals surface area contributed by atoms with Crippen molar-refractivity contribution in [2.24, 2.45) is 0 Å². The fraction of sp³-hybridized carbons (Fsp3) is 0.0377. The van der Waals surface area contributed by atoms with E-state index in [1.165, 1.54) is 5.56 Å². The zero-order chi connectivity index (χ0) is 72.8. The lowest BCUT2D eigenvalue weighted by molar-refractivity contribution is 0.590. The van der Waals surface area contributed by atoms with Crippen LogP contribution in [0.25, 0.3) is 134 Å². The third-order valence-electron chi connectivity index (χ3n) is 20.7. The summed E-state index contributed by atoms with van der Waals surface area (Å²) >= 11 is 0. The van der Waals surface area contributed by atoms with E-state index in [1.54, 1.807) is 0 Å². The molecule has 514 valence electrons. The van der Waals surface area contributed by atoms with Gasteiger partial charge in [0.2, 0.25) is 0 Å². The van der Waals surface area contributed by atoms with Gasteiger partial charge in [0, 0.05) is 34.1 Å². The van der Waals surface area contributed by atoms with Crippen LogP contribution >= 0.6 is 0 Å². The van der Waals surface area contributed by atoms with E-state index in [4.69, 9.17) is 0 Å². The summed E-state index contributed by atoms with van der Waals surface area (Å²) in [7, 11) is 0. The molecule has 0 aromatic heterocycles. The molecule has 0 aliphatic heterocycles. The van der Waals surface area contributed by atoms with Crippen LogP contribution in [0.2, 0.25) is 0 Å². The highest BCUT2D eigenvalue weighted by molar-refractivity contribution is 6.03. The fourth-order valence-electron chi connectivity index (χ4n) is 15.3. The van der Waals surface area contributed by atoms with Gasteiger partial charge in [0.1, 0.15) is 0 Å². The average molecular weight is 1380 g/mol. The van der Waals surface area contributed by atoms with E-state index in [9.17, 15) is 0 Å². The monoisotopic (exact) mass is 1380 g/mol. The number of benzene rings is 17. The van der Waals surface area contributed by atoms with E-state index < -0.39 is 0 Å². The summed E-state index contributed by atoms with van der Waals surface area (Å²) in [6.07, 6.45) is 0. The Morgan fingerprint density at radius 1 is 0.148 bits per heavy atom. The van der Waals surface area contributed by atoms with Crippen LogP contribution in [0.5, 0.6) is 0 Å². The van der Waals surface area contributed by atoms with Crippen LogP contribution in [0.15, 0.2) is 431 Å². The molecule has 2 nitrogen and oxygen atoms in total. The highest BCUT2D eigenvalue weighted by Crippen LogP contribution is 2.53. The molecule has 0 saturated carbocycles. The van der Waals surface area contributed by atoms with E-state index in [2.05, 4.69) is 461 Å². The third-order valence-corrected chi connectivity index (χ3v) is 20.7. The summed E-state index contributed by atoms with van der Waals surface area (Å²) in [6.45, 7) is 7.04. The van der Waals surface area contributed by atoms with E-state index in [0.29, 0.717) is 0 Å². The summed E-state index contributed by atoms with van der Waals surface area (Å²) < 4.78 is 0. The molecule has 0 spiro atoms. The van der Waals surface area contributed by atoms with Gasteiger partial charge in [0.15, 0.2) is 0 Å². The van der Waals surface area contributed by atoms with Crippen molar-refractivity contribution in [3.8, 4) is 134 Å². The second kappa shape index (κ2) is 30.2. The van der Waals surface area contributed by atoms with E-state index in [0.717, 1.165) is 168 Å². The molecule has 108 heavy (non-hydrogen) atoms. The molecule has 17 aromatic carbocycles. The standard InChI is InChI=1S/C106H80N2/c1-106(2,3)93-68-96(107(94-58-54-81(55-59-94)75-34-14-4-15-35-75)98-71-100(83-46-26-10-27-47-83)104(101(72-98)84-48-28-11-29-49-84)91-64-87(77-38-18-6-19-39-77)62-88(65-91)78-40-20-7-21-41-78)70-97(69-93)108(95-60-56-82(57-61-95)76-36-16-5-17-37-76)99-73-102(85-50-30-12-31-51-85)105(103(74-99)86-52-32-13-33-53-86)92-66-89(79-42-22-8-23-43-79)63-90(67-92)80-44-24-9-25-45-80/h4-74H,1-3H3. The van der Waals surface area contributed by atoms with Crippen LogP contribution in [0.3, 0.4) is 0 Å². The molecule has 17 rings (SSSR count). The maximum absolute atomic E-state index is 2.51. The lowest BCUT2D eigenvalue weighted by Crippen LogP contribution is -2.18.